The van der Waals surface area contributed by atoms with E-state index < -0.39 is 17.9 Å². The summed E-state index contributed by atoms with van der Waals surface area (Å²) in [5.41, 5.74) is 5.17. The fourth-order valence-electron chi connectivity index (χ4n) is 2.12. The van der Waals surface area contributed by atoms with Crippen molar-refractivity contribution in [1.29, 1.82) is 0 Å². The Balaban J connectivity index is 1.56. The van der Waals surface area contributed by atoms with Crippen molar-refractivity contribution in [1.82, 2.24) is 9.55 Å². The molecule has 0 saturated carbocycles. The molecule has 2 aromatic rings. The van der Waals surface area contributed by atoms with Crippen LogP contribution in [-0.2, 0) is 9.47 Å². The SMILES string of the molecule is Nc1ccn(C2CSC(COC(=O)c3ccccc3)O2)c(=O)n1. The largest absolute Gasteiger partial charge is 0.458 e. The summed E-state index contributed by atoms with van der Waals surface area (Å²) in [5.74, 6) is 0.341. The fraction of sp³-hybridized carbons (Fsp3) is 0.267. The molecule has 1 aromatic carbocycles. The number of anilines is 1. The number of ether oxygens (including phenoxy) is 2. The van der Waals surface area contributed by atoms with Crippen LogP contribution < -0.4 is 11.4 Å². The van der Waals surface area contributed by atoms with E-state index in [4.69, 9.17) is 15.2 Å². The zero-order chi connectivity index (χ0) is 16.2. The van der Waals surface area contributed by atoms with Crippen molar-refractivity contribution in [3.63, 3.8) is 0 Å². The molecule has 2 N–H and O–H groups in total. The van der Waals surface area contributed by atoms with Gasteiger partial charge in [-0.2, -0.15) is 4.98 Å². The smallest absolute Gasteiger partial charge is 0.351 e. The van der Waals surface area contributed by atoms with Crippen molar-refractivity contribution in [2.24, 2.45) is 0 Å². The van der Waals surface area contributed by atoms with Gasteiger partial charge in [0, 0.05) is 11.9 Å². The Bertz CT molecular complexity index is 750. The second kappa shape index (κ2) is 6.84. The summed E-state index contributed by atoms with van der Waals surface area (Å²) >= 11 is 1.48. The van der Waals surface area contributed by atoms with Gasteiger partial charge in [0.1, 0.15) is 24.1 Å². The number of nitrogens with zero attached hydrogens (tertiary/aromatic N) is 2. The Morgan fingerprint density at radius 3 is 2.91 bits per heavy atom. The number of nitrogens with two attached hydrogens (primary N) is 1. The zero-order valence-electron chi connectivity index (χ0n) is 12.1. The van der Waals surface area contributed by atoms with Gasteiger partial charge in [0.05, 0.1) is 5.56 Å². The molecule has 0 radical (unpaired) electrons. The minimum absolute atomic E-state index is 0.117. The molecule has 120 valence electrons. The van der Waals surface area contributed by atoms with Gasteiger partial charge < -0.3 is 15.2 Å². The van der Waals surface area contributed by atoms with Crippen LogP contribution in [0.3, 0.4) is 0 Å². The van der Waals surface area contributed by atoms with Crippen molar-refractivity contribution in [3.8, 4) is 0 Å². The topological polar surface area (TPSA) is 96.4 Å². The molecule has 23 heavy (non-hydrogen) atoms. The Morgan fingerprint density at radius 1 is 1.39 bits per heavy atom. The molecule has 2 atom stereocenters. The van der Waals surface area contributed by atoms with E-state index in [9.17, 15) is 9.59 Å². The summed E-state index contributed by atoms with van der Waals surface area (Å²) in [6.45, 7) is 0.117. The highest BCUT2D eigenvalue weighted by Gasteiger charge is 2.29. The number of hydrogen-bond donors (Lipinski definition) is 1. The molecule has 0 bridgehead atoms. The Morgan fingerprint density at radius 2 is 2.17 bits per heavy atom. The third kappa shape index (κ3) is 3.72. The van der Waals surface area contributed by atoms with E-state index in [2.05, 4.69) is 4.98 Å². The Labute approximate surface area is 136 Å². The normalized spacial score (nSPS) is 20.3. The maximum absolute atomic E-state index is 11.9. The number of carbonyl (C=O) groups excluding carboxylic acids is 1. The van der Waals surface area contributed by atoms with E-state index in [-0.39, 0.29) is 17.9 Å². The average molecular weight is 333 g/mol. The third-order valence-corrected chi connectivity index (χ3v) is 4.35. The van der Waals surface area contributed by atoms with Crippen LogP contribution in [0, 0.1) is 0 Å². The fourth-order valence-corrected chi connectivity index (χ4v) is 3.11. The Kier molecular flexibility index (Phi) is 4.63. The monoisotopic (exact) mass is 333 g/mol. The Hall–Kier alpha value is -2.32. The van der Waals surface area contributed by atoms with Gasteiger partial charge in [0.25, 0.3) is 0 Å². The molecule has 1 aliphatic heterocycles. The van der Waals surface area contributed by atoms with Crippen LogP contribution in [0.15, 0.2) is 47.4 Å². The van der Waals surface area contributed by atoms with E-state index in [0.29, 0.717) is 11.3 Å². The van der Waals surface area contributed by atoms with E-state index in [1.54, 1.807) is 30.5 Å². The predicted octanol–water partition coefficient (Wildman–Crippen LogP) is 1.27. The maximum Gasteiger partial charge on any atom is 0.351 e. The highest BCUT2D eigenvalue weighted by atomic mass is 32.2. The van der Waals surface area contributed by atoms with Crippen LogP contribution in [0.4, 0.5) is 5.82 Å². The summed E-state index contributed by atoms with van der Waals surface area (Å²) in [6.07, 6.45) is 1.11. The first kappa shape index (κ1) is 15.6. The van der Waals surface area contributed by atoms with Gasteiger partial charge in [-0.3, -0.25) is 4.57 Å². The summed E-state index contributed by atoms with van der Waals surface area (Å²) in [6, 6.07) is 10.3. The molecule has 7 nitrogen and oxygen atoms in total. The second-order valence-electron chi connectivity index (χ2n) is 4.86. The van der Waals surface area contributed by atoms with Crippen LogP contribution in [0.1, 0.15) is 16.6 Å². The molecule has 1 saturated heterocycles. The van der Waals surface area contributed by atoms with Gasteiger partial charge in [0.2, 0.25) is 0 Å². The molecular weight excluding hydrogens is 318 g/mol. The highest BCUT2D eigenvalue weighted by molar-refractivity contribution is 8.00. The van der Waals surface area contributed by atoms with Crippen molar-refractivity contribution in [3.05, 3.63) is 58.6 Å². The van der Waals surface area contributed by atoms with Gasteiger partial charge in [0.15, 0.2) is 0 Å². The van der Waals surface area contributed by atoms with Crippen LogP contribution in [-0.4, -0.2) is 33.3 Å². The van der Waals surface area contributed by atoms with Crippen LogP contribution in [0.2, 0.25) is 0 Å². The quantitative estimate of drug-likeness (QED) is 0.842. The van der Waals surface area contributed by atoms with Gasteiger partial charge in [-0.25, -0.2) is 9.59 Å². The van der Waals surface area contributed by atoms with Crippen LogP contribution >= 0.6 is 11.8 Å². The number of nitrogen functional groups attached to an aromatic ring is 1. The van der Waals surface area contributed by atoms with Gasteiger partial charge in [-0.15, -0.1) is 11.8 Å². The number of benzene rings is 1. The van der Waals surface area contributed by atoms with Crippen LogP contribution in [0.5, 0.6) is 0 Å². The first-order valence-corrected chi connectivity index (χ1v) is 8.02. The lowest BCUT2D eigenvalue weighted by Crippen LogP contribution is -2.29. The minimum atomic E-state index is -0.461. The minimum Gasteiger partial charge on any atom is -0.458 e. The summed E-state index contributed by atoms with van der Waals surface area (Å²) in [5, 5.41) is 0. The lowest BCUT2D eigenvalue weighted by Gasteiger charge is -2.14. The zero-order valence-corrected chi connectivity index (χ0v) is 12.9. The molecule has 8 heteroatoms. The number of hydrogen-bond acceptors (Lipinski definition) is 7. The summed E-state index contributed by atoms with van der Waals surface area (Å²) in [7, 11) is 0. The van der Waals surface area contributed by atoms with E-state index in [1.807, 2.05) is 6.07 Å². The third-order valence-electron chi connectivity index (χ3n) is 3.26. The molecule has 1 fully saturated rings. The number of esters is 1. The van der Waals surface area contributed by atoms with Gasteiger partial charge in [-0.1, -0.05) is 18.2 Å². The van der Waals surface area contributed by atoms with E-state index in [0.717, 1.165) is 0 Å². The standard InChI is InChI=1S/C15H15N3O4S/c16-11-6-7-18(15(20)17-11)12-9-23-13(22-12)8-21-14(19)10-4-2-1-3-5-10/h1-7,12-13H,8-9H2,(H2,16,17,20). The number of rotatable bonds is 4. The first-order chi connectivity index (χ1) is 11.1. The lowest BCUT2D eigenvalue weighted by atomic mass is 10.2. The summed E-state index contributed by atoms with van der Waals surface area (Å²) < 4.78 is 12.3. The molecule has 0 spiro atoms. The molecule has 3 rings (SSSR count). The van der Waals surface area contributed by atoms with Gasteiger partial charge in [-0.05, 0) is 18.2 Å². The molecule has 0 amide bonds. The number of thioether (sulfide) groups is 1. The first-order valence-electron chi connectivity index (χ1n) is 6.97. The molecule has 2 heterocycles. The lowest BCUT2D eigenvalue weighted by molar-refractivity contribution is -0.0177. The van der Waals surface area contributed by atoms with E-state index >= 15 is 0 Å². The highest BCUT2D eigenvalue weighted by Crippen LogP contribution is 2.31. The number of aromatic nitrogens is 2. The maximum atomic E-state index is 11.9. The second-order valence-corrected chi connectivity index (χ2v) is 6.05. The molecule has 1 aromatic heterocycles. The number of carbonyl (C=O) groups is 1. The molecule has 2 unspecified atom stereocenters. The van der Waals surface area contributed by atoms with Crippen molar-refractivity contribution in [2.75, 3.05) is 18.1 Å². The van der Waals surface area contributed by atoms with Crippen molar-refractivity contribution >= 4 is 23.5 Å². The van der Waals surface area contributed by atoms with Crippen molar-refractivity contribution in [2.45, 2.75) is 11.7 Å². The van der Waals surface area contributed by atoms with Crippen LogP contribution in [0.25, 0.3) is 0 Å². The van der Waals surface area contributed by atoms with Gasteiger partial charge >= 0.3 is 11.7 Å². The van der Waals surface area contributed by atoms with Crippen molar-refractivity contribution < 1.29 is 14.3 Å². The predicted molar refractivity (Wildman–Crippen MR) is 86.0 cm³/mol. The molecule has 0 aliphatic carbocycles. The van der Waals surface area contributed by atoms with E-state index in [1.165, 1.54) is 22.4 Å². The summed E-state index contributed by atoms with van der Waals surface area (Å²) in [4.78, 5) is 27.3. The molecule has 1 aliphatic rings. The molecular formula is C15H15N3O4S. The average Bonchev–Trinajstić information content (AvgIpc) is 3.02.